The maximum absolute atomic E-state index is 11.1. The lowest BCUT2D eigenvalue weighted by Gasteiger charge is -2.15. The molecule has 0 radical (unpaired) electrons. The van der Waals surface area contributed by atoms with Gasteiger partial charge in [0.05, 0.1) is 5.25 Å². The number of nitrogens with one attached hydrogen (secondary N) is 1. The van der Waals surface area contributed by atoms with Crippen molar-refractivity contribution in [2.24, 2.45) is 0 Å². The monoisotopic (exact) mass is 205 g/mol. The smallest absolute Gasteiger partial charge is 0.151 e. The molecule has 1 fully saturated rings. The molecular weight excluding hydrogens is 186 g/mol. The Labute approximate surface area is 80.8 Å². The first-order chi connectivity index (χ1) is 6.00. The third-order valence-corrected chi connectivity index (χ3v) is 4.41. The van der Waals surface area contributed by atoms with Crippen LogP contribution in [-0.2, 0) is 9.84 Å². The molecule has 1 unspecified atom stereocenters. The van der Waals surface area contributed by atoms with Crippen LogP contribution in [0.1, 0.15) is 32.6 Å². The Kier molecular flexibility index (Phi) is 3.74. The van der Waals surface area contributed by atoms with E-state index < -0.39 is 9.84 Å². The second-order valence-electron chi connectivity index (χ2n) is 4.03. The van der Waals surface area contributed by atoms with Crippen LogP contribution in [0.5, 0.6) is 0 Å². The molecule has 78 valence electrons. The van der Waals surface area contributed by atoms with E-state index in [9.17, 15) is 8.42 Å². The maximum atomic E-state index is 11.1. The molecule has 0 amide bonds. The van der Waals surface area contributed by atoms with E-state index in [1.165, 1.54) is 31.9 Å². The van der Waals surface area contributed by atoms with Gasteiger partial charge in [-0.2, -0.15) is 0 Å². The average molecular weight is 205 g/mol. The number of rotatable bonds is 4. The fourth-order valence-electron chi connectivity index (χ4n) is 1.61. The Morgan fingerprint density at radius 2 is 1.92 bits per heavy atom. The summed E-state index contributed by atoms with van der Waals surface area (Å²) in [6, 6.07) is 0.559. The lowest BCUT2D eigenvalue weighted by Crippen LogP contribution is -2.35. The van der Waals surface area contributed by atoms with Gasteiger partial charge in [-0.05, 0) is 19.8 Å². The van der Waals surface area contributed by atoms with E-state index >= 15 is 0 Å². The molecule has 0 aromatic rings. The molecule has 1 saturated carbocycles. The first-order valence-electron chi connectivity index (χ1n) is 4.92. The second-order valence-corrected chi connectivity index (χ2v) is 6.49. The molecule has 0 aromatic carbocycles. The van der Waals surface area contributed by atoms with E-state index in [4.69, 9.17) is 0 Å². The molecule has 0 spiro atoms. The zero-order valence-electron chi connectivity index (χ0n) is 8.41. The molecule has 1 aliphatic carbocycles. The van der Waals surface area contributed by atoms with Crippen LogP contribution in [-0.4, -0.2) is 32.5 Å². The van der Waals surface area contributed by atoms with Crippen molar-refractivity contribution in [3.05, 3.63) is 0 Å². The van der Waals surface area contributed by atoms with Crippen LogP contribution in [0.2, 0.25) is 0 Å². The van der Waals surface area contributed by atoms with Crippen LogP contribution in [0.25, 0.3) is 0 Å². The van der Waals surface area contributed by atoms with E-state index in [0.29, 0.717) is 12.6 Å². The summed E-state index contributed by atoms with van der Waals surface area (Å²) in [6.07, 6.45) is 6.27. The molecule has 4 heteroatoms. The van der Waals surface area contributed by atoms with Gasteiger partial charge < -0.3 is 5.32 Å². The van der Waals surface area contributed by atoms with E-state index in [0.717, 1.165) is 0 Å². The highest BCUT2D eigenvalue weighted by Gasteiger charge is 2.18. The number of hydrogen-bond donors (Lipinski definition) is 1. The summed E-state index contributed by atoms with van der Waals surface area (Å²) in [5.41, 5.74) is 0. The van der Waals surface area contributed by atoms with Gasteiger partial charge in [0.25, 0.3) is 0 Å². The summed E-state index contributed by atoms with van der Waals surface area (Å²) < 4.78 is 22.2. The van der Waals surface area contributed by atoms with Crippen molar-refractivity contribution in [3.8, 4) is 0 Å². The summed E-state index contributed by atoms with van der Waals surface area (Å²) in [6.45, 7) is 2.36. The molecule has 0 saturated heterocycles. The average Bonchev–Trinajstić information content (AvgIpc) is 2.50. The second kappa shape index (κ2) is 4.42. The highest BCUT2D eigenvalue weighted by molar-refractivity contribution is 7.91. The fourth-order valence-corrected chi connectivity index (χ4v) is 2.01. The van der Waals surface area contributed by atoms with Gasteiger partial charge >= 0.3 is 0 Å². The van der Waals surface area contributed by atoms with Crippen molar-refractivity contribution in [2.75, 3.05) is 12.8 Å². The van der Waals surface area contributed by atoms with Crippen LogP contribution in [0, 0.1) is 0 Å². The SMILES string of the molecule is CC(CNC1CCCC1)S(C)(=O)=O. The van der Waals surface area contributed by atoms with E-state index in [2.05, 4.69) is 5.32 Å². The van der Waals surface area contributed by atoms with Crippen molar-refractivity contribution in [1.82, 2.24) is 5.32 Å². The van der Waals surface area contributed by atoms with Crippen LogP contribution < -0.4 is 5.32 Å². The van der Waals surface area contributed by atoms with Crippen molar-refractivity contribution in [2.45, 2.75) is 43.9 Å². The van der Waals surface area contributed by atoms with Gasteiger partial charge in [-0.1, -0.05) is 12.8 Å². The highest BCUT2D eigenvalue weighted by Crippen LogP contribution is 2.17. The molecular formula is C9H19NO2S. The Balaban J connectivity index is 2.25. The number of hydrogen-bond acceptors (Lipinski definition) is 3. The molecule has 0 heterocycles. The van der Waals surface area contributed by atoms with E-state index in [-0.39, 0.29) is 5.25 Å². The summed E-state index contributed by atoms with van der Waals surface area (Å²) in [7, 11) is -2.86. The fraction of sp³-hybridized carbons (Fsp3) is 1.00. The van der Waals surface area contributed by atoms with Gasteiger partial charge in [0.1, 0.15) is 0 Å². The van der Waals surface area contributed by atoms with E-state index in [1.807, 2.05) is 0 Å². The molecule has 0 aliphatic heterocycles. The van der Waals surface area contributed by atoms with Crippen LogP contribution >= 0.6 is 0 Å². The van der Waals surface area contributed by atoms with Gasteiger partial charge in [0.2, 0.25) is 0 Å². The number of sulfone groups is 1. The molecule has 0 aromatic heterocycles. The van der Waals surface area contributed by atoms with Crippen molar-refractivity contribution in [1.29, 1.82) is 0 Å². The molecule has 3 nitrogen and oxygen atoms in total. The van der Waals surface area contributed by atoms with Crippen LogP contribution in [0.3, 0.4) is 0 Å². The van der Waals surface area contributed by atoms with Gasteiger partial charge in [0.15, 0.2) is 9.84 Å². The molecule has 1 atom stereocenters. The summed E-state index contributed by atoms with van der Waals surface area (Å²) in [4.78, 5) is 0. The van der Waals surface area contributed by atoms with Crippen molar-refractivity contribution in [3.63, 3.8) is 0 Å². The summed E-state index contributed by atoms with van der Waals surface area (Å²) in [5.74, 6) is 0. The van der Waals surface area contributed by atoms with Gasteiger partial charge in [0, 0.05) is 18.8 Å². The maximum Gasteiger partial charge on any atom is 0.151 e. The first-order valence-corrected chi connectivity index (χ1v) is 6.88. The van der Waals surface area contributed by atoms with Crippen molar-refractivity contribution >= 4 is 9.84 Å². The highest BCUT2D eigenvalue weighted by atomic mass is 32.2. The Morgan fingerprint density at radius 3 is 2.38 bits per heavy atom. The first kappa shape index (κ1) is 11.0. The lowest BCUT2D eigenvalue weighted by atomic mass is 10.2. The van der Waals surface area contributed by atoms with Crippen molar-refractivity contribution < 1.29 is 8.42 Å². The lowest BCUT2D eigenvalue weighted by molar-refractivity contribution is 0.514. The third kappa shape index (κ3) is 3.65. The van der Waals surface area contributed by atoms with Crippen LogP contribution in [0.15, 0.2) is 0 Å². The van der Waals surface area contributed by atoms with Gasteiger partial charge in [-0.15, -0.1) is 0 Å². The minimum Gasteiger partial charge on any atom is -0.313 e. The molecule has 13 heavy (non-hydrogen) atoms. The zero-order chi connectivity index (χ0) is 9.90. The predicted octanol–water partition coefficient (Wildman–Crippen LogP) is 0.952. The van der Waals surface area contributed by atoms with E-state index in [1.54, 1.807) is 6.92 Å². The quantitative estimate of drug-likeness (QED) is 0.743. The molecule has 0 bridgehead atoms. The standard InChI is InChI=1S/C9H19NO2S/c1-8(13(2,11)12)7-10-9-5-3-4-6-9/h8-10H,3-7H2,1-2H3. The Hall–Kier alpha value is -0.0900. The van der Waals surface area contributed by atoms with Gasteiger partial charge in [-0.3, -0.25) is 0 Å². The largest absolute Gasteiger partial charge is 0.313 e. The molecule has 1 rings (SSSR count). The zero-order valence-corrected chi connectivity index (χ0v) is 9.23. The Morgan fingerprint density at radius 1 is 1.38 bits per heavy atom. The Bertz CT molecular complexity index is 242. The minimum atomic E-state index is -2.86. The van der Waals surface area contributed by atoms with Crippen LogP contribution in [0.4, 0.5) is 0 Å². The molecule has 1 aliphatic rings. The third-order valence-electron chi connectivity index (χ3n) is 2.78. The predicted molar refractivity (Wildman–Crippen MR) is 54.6 cm³/mol. The normalized spacial score (nSPS) is 22.0. The summed E-state index contributed by atoms with van der Waals surface area (Å²) in [5, 5.41) is 3.05. The topological polar surface area (TPSA) is 46.2 Å². The minimum absolute atomic E-state index is 0.256. The summed E-state index contributed by atoms with van der Waals surface area (Å²) >= 11 is 0. The molecule has 1 N–H and O–H groups in total. The van der Waals surface area contributed by atoms with Gasteiger partial charge in [-0.25, -0.2) is 8.42 Å².